The number of halogens is 1. The third-order valence-corrected chi connectivity index (χ3v) is 2.80. The van der Waals surface area contributed by atoms with Crippen molar-refractivity contribution in [3.05, 3.63) is 30.3 Å². The summed E-state index contributed by atoms with van der Waals surface area (Å²) < 4.78 is 10.6. The standard InChI is InChI=1S/C11H10ClNO5/c12-13(7-4-2-1-3-5-7)10(14)8-9(11(15)16)18-6-17-8/h1-5,8-9H,6H2,(H,15,16)/t8-,9-/m1/s1. The van der Waals surface area contributed by atoms with Gasteiger partial charge in [0.15, 0.2) is 12.2 Å². The van der Waals surface area contributed by atoms with E-state index < -0.39 is 24.1 Å². The molecule has 18 heavy (non-hydrogen) atoms. The van der Waals surface area contributed by atoms with Gasteiger partial charge in [-0.2, -0.15) is 0 Å². The van der Waals surface area contributed by atoms with Gasteiger partial charge in [0.2, 0.25) is 0 Å². The van der Waals surface area contributed by atoms with Crippen LogP contribution in [-0.2, 0) is 19.1 Å². The molecule has 1 amide bonds. The molecule has 1 fully saturated rings. The smallest absolute Gasteiger partial charge is 0.336 e. The molecule has 0 unspecified atom stereocenters. The van der Waals surface area contributed by atoms with Crippen molar-refractivity contribution >= 4 is 29.3 Å². The number of benzene rings is 1. The summed E-state index contributed by atoms with van der Waals surface area (Å²) in [6, 6.07) is 8.43. The first-order valence-corrected chi connectivity index (χ1v) is 5.46. The van der Waals surface area contributed by atoms with E-state index in [4.69, 9.17) is 26.4 Å². The molecule has 2 rings (SSSR count). The van der Waals surface area contributed by atoms with Gasteiger partial charge in [0.05, 0.1) is 5.69 Å². The lowest BCUT2D eigenvalue weighted by molar-refractivity contribution is -0.149. The molecule has 2 atom stereocenters. The molecule has 0 aromatic heterocycles. The average Bonchev–Trinajstić information content (AvgIpc) is 2.87. The highest BCUT2D eigenvalue weighted by Crippen LogP contribution is 2.22. The lowest BCUT2D eigenvalue weighted by Gasteiger charge is -2.18. The van der Waals surface area contributed by atoms with E-state index in [0.717, 1.165) is 4.42 Å². The van der Waals surface area contributed by atoms with Crippen molar-refractivity contribution in [3.63, 3.8) is 0 Å². The number of carboxylic acids is 1. The molecule has 96 valence electrons. The molecule has 0 spiro atoms. The highest BCUT2D eigenvalue weighted by atomic mass is 35.5. The zero-order valence-corrected chi connectivity index (χ0v) is 9.91. The summed E-state index contributed by atoms with van der Waals surface area (Å²) in [7, 11) is 0. The maximum atomic E-state index is 12.0. The van der Waals surface area contributed by atoms with Gasteiger partial charge in [-0.15, -0.1) is 0 Å². The van der Waals surface area contributed by atoms with Crippen LogP contribution in [0.4, 0.5) is 5.69 Å². The molecule has 1 aliphatic rings. The molecule has 1 saturated heterocycles. The third kappa shape index (κ3) is 2.45. The molecule has 6 nitrogen and oxygen atoms in total. The van der Waals surface area contributed by atoms with Crippen LogP contribution in [0.1, 0.15) is 0 Å². The van der Waals surface area contributed by atoms with Crippen molar-refractivity contribution in [2.45, 2.75) is 12.2 Å². The molecule has 7 heteroatoms. The fourth-order valence-corrected chi connectivity index (χ4v) is 1.77. The maximum absolute atomic E-state index is 12.0. The van der Waals surface area contributed by atoms with E-state index in [1.54, 1.807) is 30.3 Å². The molecular weight excluding hydrogens is 262 g/mol. The molecule has 1 aliphatic heterocycles. The van der Waals surface area contributed by atoms with Crippen LogP contribution >= 0.6 is 11.8 Å². The summed E-state index contributed by atoms with van der Waals surface area (Å²) in [4.78, 5) is 22.8. The molecular formula is C11H10ClNO5. The van der Waals surface area contributed by atoms with Crippen molar-refractivity contribution in [1.82, 2.24) is 0 Å². The molecule has 1 heterocycles. The number of hydrogen-bond donors (Lipinski definition) is 1. The second-order valence-electron chi connectivity index (χ2n) is 3.59. The number of carboxylic acid groups (broad SMARTS) is 1. The van der Waals surface area contributed by atoms with Gasteiger partial charge < -0.3 is 14.6 Å². The van der Waals surface area contributed by atoms with Crippen LogP contribution in [0.5, 0.6) is 0 Å². The molecule has 0 radical (unpaired) electrons. The summed E-state index contributed by atoms with van der Waals surface area (Å²) in [5.41, 5.74) is 0.434. The summed E-state index contributed by atoms with van der Waals surface area (Å²) in [5, 5.41) is 8.87. The minimum absolute atomic E-state index is 0.243. The number of nitrogens with zero attached hydrogens (tertiary/aromatic N) is 1. The normalized spacial score (nSPS) is 22.7. The van der Waals surface area contributed by atoms with E-state index in [9.17, 15) is 9.59 Å². The van der Waals surface area contributed by atoms with Gasteiger partial charge in [-0.05, 0) is 12.1 Å². The summed E-state index contributed by atoms with van der Waals surface area (Å²) >= 11 is 5.86. The number of anilines is 1. The zero-order chi connectivity index (χ0) is 13.1. The van der Waals surface area contributed by atoms with Gasteiger partial charge in [0.25, 0.3) is 5.91 Å². The number of ether oxygens (including phenoxy) is 2. The molecule has 0 saturated carbocycles. The van der Waals surface area contributed by atoms with Crippen molar-refractivity contribution in [2.75, 3.05) is 11.2 Å². The van der Waals surface area contributed by atoms with E-state index in [-0.39, 0.29) is 6.79 Å². The van der Waals surface area contributed by atoms with Crippen molar-refractivity contribution in [1.29, 1.82) is 0 Å². The van der Waals surface area contributed by atoms with Crippen LogP contribution < -0.4 is 4.42 Å². The van der Waals surface area contributed by atoms with Gasteiger partial charge in [0, 0.05) is 11.8 Å². The number of para-hydroxylation sites is 1. The Labute approximate surface area is 108 Å². The van der Waals surface area contributed by atoms with Crippen LogP contribution in [-0.4, -0.2) is 36.0 Å². The third-order valence-electron chi connectivity index (χ3n) is 2.43. The van der Waals surface area contributed by atoms with Crippen LogP contribution in [0.15, 0.2) is 30.3 Å². The van der Waals surface area contributed by atoms with E-state index in [1.165, 1.54) is 0 Å². The Bertz CT molecular complexity index is 452. The number of carbonyl (C=O) groups excluding carboxylic acids is 1. The maximum Gasteiger partial charge on any atom is 0.336 e. The fraction of sp³-hybridized carbons (Fsp3) is 0.273. The van der Waals surface area contributed by atoms with Crippen LogP contribution in [0.2, 0.25) is 0 Å². The summed E-state index contributed by atoms with van der Waals surface area (Å²) in [6.45, 7) is -0.243. The Kier molecular flexibility index (Phi) is 3.81. The first kappa shape index (κ1) is 12.8. The summed E-state index contributed by atoms with van der Waals surface area (Å²) in [5.74, 6) is -1.93. The monoisotopic (exact) mass is 271 g/mol. The predicted molar refractivity (Wildman–Crippen MR) is 62.0 cm³/mol. The average molecular weight is 272 g/mol. The minimum atomic E-state index is -1.33. The number of carbonyl (C=O) groups is 2. The van der Waals surface area contributed by atoms with Crippen molar-refractivity contribution < 1.29 is 24.2 Å². The van der Waals surface area contributed by atoms with Crippen LogP contribution in [0, 0.1) is 0 Å². The van der Waals surface area contributed by atoms with E-state index >= 15 is 0 Å². The highest BCUT2D eigenvalue weighted by Gasteiger charge is 2.42. The van der Waals surface area contributed by atoms with Crippen molar-refractivity contribution in [2.24, 2.45) is 0 Å². The minimum Gasteiger partial charge on any atom is -0.479 e. The van der Waals surface area contributed by atoms with Gasteiger partial charge in [-0.25, -0.2) is 9.21 Å². The zero-order valence-electron chi connectivity index (χ0n) is 9.15. The second-order valence-corrected chi connectivity index (χ2v) is 3.92. The molecule has 0 bridgehead atoms. The molecule has 1 aromatic rings. The molecule has 1 aromatic carbocycles. The summed E-state index contributed by atoms with van der Waals surface area (Å²) in [6.07, 6.45) is -2.57. The van der Waals surface area contributed by atoms with Crippen molar-refractivity contribution in [3.8, 4) is 0 Å². The van der Waals surface area contributed by atoms with Gasteiger partial charge in [-0.3, -0.25) is 4.79 Å². The Morgan fingerprint density at radius 3 is 2.44 bits per heavy atom. The Hall–Kier alpha value is -1.63. The van der Waals surface area contributed by atoms with E-state index in [0.29, 0.717) is 5.69 Å². The SMILES string of the molecule is O=C(O)[C@@H]1OCO[C@H]1C(=O)N(Cl)c1ccccc1. The number of aliphatic carboxylic acids is 1. The molecule has 1 N–H and O–H groups in total. The quantitative estimate of drug-likeness (QED) is 0.830. The lowest BCUT2D eigenvalue weighted by Crippen LogP contribution is -2.43. The van der Waals surface area contributed by atoms with Gasteiger partial charge in [-0.1, -0.05) is 18.2 Å². The van der Waals surface area contributed by atoms with Crippen LogP contribution in [0.3, 0.4) is 0 Å². The number of hydrogen-bond acceptors (Lipinski definition) is 4. The second kappa shape index (κ2) is 5.34. The fourth-order valence-electron chi connectivity index (χ4n) is 1.56. The topological polar surface area (TPSA) is 76.1 Å². The molecule has 0 aliphatic carbocycles. The van der Waals surface area contributed by atoms with Gasteiger partial charge >= 0.3 is 5.97 Å². The predicted octanol–water partition coefficient (Wildman–Crippen LogP) is 0.999. The Morgan fingerprint density at radius 1 is 1.22 bits per heavy atom. The van der Waals surface area contributed by atoms with Crippen LogP contribution in [0.25, 0.3) is 0 Å². The first-order valence-electron chi connectivity index (χ1n) is 5.12. The van der Waals surface area contributed by atoms with E-state index in [1.807, 2.05) is 0 Å². The highest BCUT2D eigenvalue weighted by molar-refractivity contribution is 6.37. The largest absolute Gasteiger partial charge is 0.479 e. The Balaban J connectivity index is 2.14. The lowest BCUT2D eigenvalue weighted by atomic mass is 10.2. The van der Waals surface area contributed by atoms with E-state index in [2.05, 4.69) is 0 Å². The Morgan fingerprint density at radius 2 is 1.83 bits per heavy atom. The first-order chi connectivity index (χ1) is 8.61. The number of rotatable bonds is 3. The number of amides is 1. The van der Waals surface area contributed by atoms with Gasteiger partial charge in [0.1, 0.15) is 6.79 Å².